The van der Waals surface area contributed by atoms with Crippen LogP contribution in [-0.4, -0.2) is 59.2 Å². The number of aromatic nitrogens is 2. The molecule has 26 heavy (non-hydrogen) atoms. The van der Waals surface area contributed by atoms with Crippen molar-refractivity contribution in [3.8, 4) is 17.0 Å². The molecule has 0 amide bonds. The summed E-state index contributed by atoms with van der Waals surface area (Å²) in [5.41, 5.74) is 2.79. The Labute approximate surface area is 149 Å². The summed E-state index contributed by atoms with van der Waals surface area (Å²) in [6, 6.07) is 9.59. The molecule has 0 radical (unpaired) electrons. The highest BCUT2D eigenvalue weighted by Crippen LogP contribution is 2.30. The van der Waals surface area contributed by atoms with Crippen LogP contribution < -0.4 is 4.74 Å². The molecular formula is C18H22F3N3O2. The minimum absolute atomic E-state index is 0.230. The van der Waals surface area contributed by atoms with Gasteiger partial charge in [0.2, 0.25) is 0 Å². The summed E-state index contributed by atoms with van der Waals surface area (Å²) in [5, 5.41) is 16.6. The maximum Gasteiger partial charge on any atom is 0.415 e. The van der Waals surface area contributed by atoms with Crippen molar-refractivity contribution >= 4 is 0 Å². The van der Waals surface area contributed by atoms with Crippen molar-refractivity contribution in [2.24, 2.45) is 0 Å². The molecule has 1 aliphatic rings. The molecule has 0 saturated carbocycles. The van der Waals surface area contributed by atoms with Gasteiger partial charge >= 0.3 is 6.18 Å². The maximum atomic E-state index is 12.5. The fourth-order valence-electron chi connectivity index (χ4n) is 3.23. The SMILES string of the molecule is COc1ccc(-c2cc(C3CCN(C[C@H](O)C(F)(F)F)CC3)[nH]n2)cc1. The van der Waals surface area contributed by atoms with E-state index in [1.807, 2.05) is 30.3 Å². The van der Waals surface area contributed by atoms with Gasteiger partial charge in [-0.25, -0.2) is 0 Å². The molecule has 2 heterocycles. The van der Waals surface area contributed by atoms with Crippen molar-refractivity contribution in [1.82, 2.24) is 15.1 Å². The first-order chi connectivity index (χ1) is 12.4. The first kappa shape index (κ1) is 18.7. The number of rotatable bonds is 5. The highest BCUT2D eigenvalue weighted by molar-refractivity contribution is 5.60. The molecule has 0 unspecified atom stereocenters. The van der Waals surface area contributed by atoms with E-state index in [2.05, 4.69) is 10.2 Å². The van der Waals surface area contributed by atoms with Gasteiger partial charge in [-0.1, -0.05) is 0 Å². The second-order valence-corrected chi connectivity index (χ2v) is 6.57. The van der Waals surface area contributed by atoms with E-state index in [-0.39, 0.29) is 12.5 Å². The zero-order valence-electron chi connectivity index (χ0n) is 14.5. The number of β-amino-alcohol motifs (C(OH)–C–C–N with tert-alkyl or cyclic N) is 1. The van der Waals surface area contributed by atoms with E-state index in [0.29, 0.717) is 13.1 Å². The second kappa shape index (κ2) is 7.67. The molecule has 0 bridgehead atoms. The summed E-state index contributed by atoms with van der Waals surface area (Å²) in [7, 11) is 1.61. The summed E-state index contributed by atoms with van der Waals surface area (Å²) in [5.74, 6) is 1.01. The van der Waals surface area contributed by atoms with Crippen molar-refractivity contribution in [1.29, 1.82) is 0 Å². The lowest BCUT2D eigenvalue weighted by molar-refractivity contribution is -0.208. The van der Waals surface area contributed by atoms with E-state index in [4.69, 9.17) is 4.74 Å². The van der Waals surface area contributed by atoms with Gasteiger partial charge in [0.05, 0.1) is 12.8 Å². The second-order valence-electron chi connectivity index (χ2n) is 6.57. The van der Waals surface area contributed by atoms with Crippen LogP contribution in [0, 0.1) is 0 Å². The number of alkyl halides is 3. The molecule has 1 saturated heterocycles. The molecule has 8 heteroatoms. The lowest BCUT2D eigenvalue weighted by atomic mass is 9.93. The van der Waals surface area contributed by atoms with Crippen molar-refractivity contribution < 1.29 is 23.0 Å². The van der Waals surface area contributed by atoms with Crippen molar-refractivity contribution in [3.63, 3.8) is 0 Å². The molecule has 0 aliphatic carbocycles. The van der Waals surface area contributed by atoms with Crippen molar-refractivity contribution in [3.05, 3.63) is 36.0 Å². The molecule has 1 aromatic carbocycles. The van der Waals surface area contributed by atoms with Gasteiger partial charge in [-0.15, -0.1) is 0 Å². The molecule has 3 rings (SSSR count). The fourth-order valence-corrected chi connectivity index (χ4v) is 3.23. The minimum Gasteiger partial charge on any atom is -0.497 e. The smallest absolute Gasteiger partial charge is 0.415 e. The van der Waals surface area contributed by atoms with Gasteiger partial charge in [0.1, 0.15) is 5.75 Å². The van der Waals surface area contributed by atoms with E-state index in [1.54, 1.807) is 12.0 Å². The predicted octanol–water partition coefficient (Wildman–Crippen LogP) is 3.19. The van der Waals surface area contributed by atoms with Gasteiger partial charge in [0, 0.05) is 23.7 Å². The molecule has 1 fully saturated rings. The molecule has 2 N–H and O–H groups in total. The molecule has 142 valence electrons. The normalized spacial score (nSPS) is 18.0. The standard InChI is InChI=1S/C18H22F3N3O2/c1-26-14-4-2-12(3-5-14)15-10-16(23-22-15)13-6-8-24(9-7-13)11-17(25)18(19,20)21/h2-5,10,13,17,25H,6-9,11H2,1H3,(H,22,23)/t17-/m0/s1. The van der Waals surface area contributed by atoms with Crippen molar-refractivity contribution in [2.75, 3.05) is 26.7 Å². The monoisotopic (exact) mass is 369 g/mol. The molecule has 2 aromatic rings. The number of aromatic amines is 1. The molecular weight excluding hydrogens is 347 g/mol. The zero-order valence-corrected chi connectivity index (χ0v) is 14.5. The number of methoxy groups -OCH3 is 1. The first-order valence-electron chi connectivity index (χ1n) is 8.53. The number of ether oxygens (including phenoxy) is 1. The minimum atomic E-state index is -4.56. The molecule has 1 atom stereocenters. The van der Waals surface area contributed by atoms with Crippen molar-refractivity contribution in [2.45, 2.75) is 31.0 Å². The van der Waals surface area contributed by atoms with Gasteiger partial charge in [-0.05, 0) is 56.3 Å². The van der Waals surface area contributed by atoms with Gasteiger partial charge in [0.25, 0.3) is 0 Å². The highest BCUT2D eigenvalue weighted by Gasteiger charge is 2.39. The molecule has 1 aliphatic heterocycles. The Morgan fingerprint density at radius 2 is 1.92 bits per heavy atom. The van der Waals surface area contributed by atoms with Crippen LogP contribution in [0.25, 0.3) is 11.3 Å². The maximum absolute atomic E-state index is 12.5. The quantitative estimate of drug-likeness (QED) is 0.850. The Bertz CT molecular complexity index is 707. The third-order valence-electron chi connectivity index (χ3n) is 4.82. The van der Waals surface area contributed by atoms with Crippen LogP contribution in [0.3, 0.4) is 0 Å². The molecule has 0 spiro atoms. The summed E-state index contributed by atoms with van der Waals surface area (Å²) >= 11 is 0. The Hall–Kier alpha value is -2.06. The number of hydrogen-bond acceptors (Lipinski definition) is 4. The summed E-state index contributed by atoms with van der Waals surface area (Å²) in [4.78, 5) is 1.66. The topological polar surface area (TPSA) is 61.4 Å². The number of nitrogens with one attached hydrogen (secondary N) is 1. The lowest BCUT2D eigenvalue weighted by Crippen LogP contribution is -2.44. The van der Waals surface area contributed by atoms with E-state index in [0.717, 1.165) is 35.5 Å². The van der Waals surface area contributed by atoms with Gasteiger partial charge in [-0.3, -0.25) is 5.10 Å². The molecule has 1 aromatic heterocycles. The average Bonchev–Trinajstić information content (AvgIpc) is 3.12. The van der Waals surface area contributed by atoms with Gasteiger partial charge in [0.15, 0.2) is 6.10 Å². The van der Waals surface area contributed by atoms with Crippen LogP contribution in [0.15, 0.2) is 30.3 Å². The average molecular weight is 369 g/mol. The Morgan fingerprint density at radius 3 is 2.50 bits per heavy atom. The van der Waals surface area contributed by atoms with E-state index in [9.17, 15) is 18.3 Å². The number of aliphatic hydroxyl groups is 1. The Morgan fingerprint density at radius 1 is 1.27 bits per heavy atom. The van der Waals surface area contributed by atoms with Crippen LogP contribution in [0.4, 0.5) is 13.2 Å². The van der Waals surface area contributed by atoms with E-state index in [1.165, 1.54) is 0 Å². The summed E-state index contributed by atoms with van der Waals surface area (Å²) in [6.07, 6.45) is -5.38. The zero-order chi connectivity index (χ0) is 18.7. The summed E-state index contributed by atoms with van der Waals surface area (Å²) < 4.78 is 42.5. The fraction of sp³-hybridized carbons (Fsp3) is 0.500. The number of hydrogen-bond donors (Lipinski definition) is 2. The largest absolute Gasteiger partial charge is 0.497 e. The first-order valence-corrected chi connectivity index (χ1v) is 8.53. The van der Waals surface area contributed by atoms with Crippen LogP contribution in [0.2, 0.25) is 0 Å². The number of halogens is 3. The van der Waals surface area contributed by atoms with Crippen LogP contribution in [-0.2, 0) is 0 Å². The predicted molar refractivity (Wildman–Crippen MR) is 91.1 cm³/mol. The van der Waals surface area contributed by atoms with Crippen LogP contribution in [0.5, 0.6) is 5.75 Å². The van der Waals surface area contributed by atoms with E-state index < -0.39 is 12.3 Å². The molecule has 5 nitrogen and oxygen atoms in total. The summed E-state index contributed by atoms with van der Waals surface area (Å²) in [6.45, 7) is 0.680. The Balaban J connectivity index is 1.57. The van der Waals surface area contributed by atoms with Gasteiger partial charge < -0.3 is 14.7 Å². The van der Waals surface area contributed by atoms with Gasteiger partial charge in [-0.2, -0.15) is 18.3 Å². The number of aliphatic hydroxyl groups excluding tert-OH is 1. The van der Waals surface area contributed by atoms with E-state index >= 15 is 0 Å². The lowest BCUT2D eigenvalue weighted by Gasteiger charge is -2.33. The number of piperidine rings is 1. The number of benzene rings is 1. The number of likely N-dealkylation sites (tertiary alicyclic amines) is 1. The van der Waals surface area contributed by atoms with Crippen LogP contribution in [0.1, 0.15) is 24.5 Å². The number of H-pyrrole nitrogens is 1. The number of nitrogens with zero attached hydrogens (tertiary/aromatic N) is 2. The Kier molecular flexibility index (Phi) is 5.52. The third-order valence-corrected chi connectivity index (χ3v) is 4.82. The van der Waals surface area contributed by atoms with Crippen LogP contribution >= 0.6 is 0 Å². The third kappa shape index (κ3) is 4.37. The highest BCUT2D eigenvalue weighted by atomic mass is 19.4.